The van der Waals surface area contributed by atoms with Crippen LogP contribution in [0.3, 0.4) is 0 Å². The van der Waals surface area contributed by atoms with Gasteiger partial charge in [0.1, 0.15) is 0 Å². The second-order valence-electron chi connectivity index (χ2n) is 5.82. The molecule has 0 fully saturated rings. The number of para-hydroxylation sites is 2. The summed E-state index contributed by atoms with van der Waals surface area (Å²) in [5.74, 6) is 0. The van der Waals surface area contributed by atoms with Crippen LogP contribution < -0.4 is 0 Å². The quantitative estimate of drug-likeness (QED) is 0.555. The molecule has 0 saturated heterocycles. The zero-order chi connectivity index (χ0) is 17.4. The van der Waals surface area contributed by atoms with Crippen molar-refractivity contribution in [2.45, 2.75) is 53.4 Å². The molecule has 2 heteroatoms. The number of hydrogen-bond donors (Lipinski definition) is 0. The molecule has 126 valence electrons. The lowest BCUT2D eigenvalue weighted by molar-refractivity contribution is 1.08. The van der Waals surface area contributed by atoms with E-state index in [2.05, 4.69) is 64.1 Å². The number of hydrogen-bond acceptors (Lipinski definition) is 2. The molecule has 2 rings (SSSR count). The van der Waals surface area contributed by atoms with Crippen molar-refractivity contribution >= 4 is 23.8 Å². The Kier molecular flexibility index (Phi) is 6.92. The number of benzene rings is 2. The summed E-state index contributed by atoms with van der Waals surface area (Å²) in [6, 6.07) is 12.9. The standard InChI is InChI=1S/C22H28N2/c1-5-17-11-9-12-18(6-2)21(17)23-15-16-24-22-19(7-3)13-10-14-20(22)8-4/h9-16H,5-8H2,1-4H3. The van der Waals surface area contributed by atoms with Crippen LogP contribution in [0.15, 0.2) is 46.4 Å². The summed E-state index contributed by atoms with van der Waals surface area (Å²) in [5, 5.41) is 0. The van der Waals surface area contributed by atoms with Gasteiger partial charge in [0, 0.05) is 12.4 Å². The number of nitrogens with zero attached hydrogens (tertiary/aromatic N) is 2. The Bertz CT molecular complexity index is 619. The van der Waals surface area contributed by atoms with E-state index in [9.17, 15) is 0 Å². The van der Waals surface area contributed by atoms with Gasteiger partial charge in [0.15, 0.2) is 0 Å². The summed E-state index contributed by atoms with van der Waals surface area (Å²) in [7, 11) is 0. The SMILES string of the molecule is CCc1cccc(CC)c1N=CC=Nc1c(CC)cccc1CC. The van der Waals surface area contributed by atoms with E-state index < -0.39 is 0 Å². The predicted molar refractivity (Wildman–Crippen MR) is 107 cm³/mol. The summed E-state index contributed by atoms with van der Waals surface area (Å²) >= 11 is 0. The van der Waals surface area contributed by atoms with Crippen LogP contribution in [0.25, 0.3) is 0 Å². The summed E-state index contributed by atoms with van der Waals surface area (Å²) < 4.78 is 0. The van der Waals surface area contributed by atoms with Crippen molar-refractivity contribution in [1.29, 1.82) is 0 Å². The molecule has 0 atom stereocenters. The van der Waals surface area contributed by atoms with Crippen LogP contribution in [0.5, 0.6) is 0 Å². The minimum Gasteiger partial charge on any atom is -0.255 e. The van der Waals surface area contributed by atoms with E-state index >= 15 is 0 Å². The lowest BCUT2D eigenvalue weighted by atomic mass is 10.0. The Morgan fingerprint density at radius 2 is 0.875 bits per heavy atom. The molecule has 0 aliphatic heterocycles. The van der Waals surface area contributed by atoms with Crippen molar-refractivity contribution in [2.24, 2.45) is 9.98 Å². The van der Waals surface area contributed by atoms with Gasteiger partial charge in [0.05, 0.1) is 11.4 Å². The second kappa shape index (κ2) is 9.17. The number of rotatable bonds is 7. The van der Waals surface area contributed by atoms with Crippen molar-refractivity contribution in [3.05, 3.63) is 58.7 Å². The smallest absolute Gasteiger partial charge is 0.0693 e. The Hall–Kier alpha value is -2.22. The van der Waals surface area contributed by atoms with E-state index in [1.807, 2.05) is 12.4 Å². The first-order valence-corrected chi connectivity index (χ1v) is 9.03. The zero-order valence-electron chi connectivity index (χ0n) is 15.3. The van der Waals surface area contributed by atoms with E-state index in [1.165, 1.54) is 22.3 Å². The van der Waals surface area contributed by atoms with E-state index in [1.54, 1.807) is 0 Å². The normalized spacial score (nSPS) is 11.7. The molecule has 2 aromatic rings. The molecule has 0 unspecified atom stereocenters. The van der Waals surface area contributed by atoms with Crippen molar-refractivity contribution in [3.8, 4) is 0 Å². The molecule has 0 heterocycles. The van der Waals surface area contributed by atoms with Crippen LogP contribution in [0.2, 0.25) is 0 Å². The maximum atomic E-state index is 4.70. The topological polar surface area (TPSA) is 24.7 Å². The lowest BCUT2D eigenvalue weighted by Crippen LogP contribution is -1.90. The maximum absolute atomic E-state index is 4.70. The van der Waals surface area contributed by atoms with Crippen molar-refractivity contribution in [3.63, 3.8) is 0 Å². The van der Waals surface area contributed by atoms with E-state index in [-0.39, 0.29) is 0 Å². The van der Waals surface area contributed by atoms with Crippen LogP contribution >= 0.6 is 0 Å². The summed E-state index contributed by atoms with van der Waals surface area (Å²) in [6.45, 7) is 8.69. The second-order valence-corrected chi connectivity index (χ2v) is 5.82. The molecule has 0 saturated carbocycles. The first kappa shape index (κ1) is 18.1. The summed E-state index contributed by atoms with van der Waals surface area (Å²) in [6.07, 6.45) is 7.65. The highest BCUT2D eigenvalue weighted by Gasteiger charge is 2.05. The molecule has 0 bridgehead atoms. The van der Waals surface area contributed by atoms with Crippen molar-refractivity contribution in [1.82, 2.24) is 0 Å². The molecule has 0 amide bonds. The Balaban J connectivity index is 2.29. The van der Waals surface area contributed by atoms with Crippen LogP contribution in [0, 0.1) is 0 Å². The molecule has 0 aromatic heterocycles. The van der Waals surface area contributed by atoms with Gasteiger partial charge in [-0.05, 0) is 47.9 Å². The van der Waals surface area contributed by atoms with Gasteiger partial charge in [-0.3, -0.25) is 9.98 Å². The Labute approximate surface area is 146 Å². The van der Waals surface area contributed by atoms with Gasteiger partial charge in [0.2, 0.25) is 0 Å². The summed E-state index contributed by atoms with van der Waals surface area (Å²) in [5.41, 5.74) is 7.38. The first-order valence-electron chi connectivity index (χ1n) is 9.03. The van der Waals surface area contributed by atoms with Crippen LogP contribution in [-0.4, -0.2) is 12.4 Å². The fourth-order valence-corrected chi connectivity index (χ4v) is 2.98. The van der Waals surface area contributed by atoms with Crippen LogP contribution in [0.1, 0.15) is 49.9 Å². The maximum Gasteiger partial charge on any atom is 0.0693 e. The van der Waals surface area contributed by atoms with Gasteiger partial charge >= 0.3 is 0 Å². The highest BCUT2D eigenvalue weighted by Crippen LogP contribution is 2.26. The van der Waals surface area contributed by atoms with Gasteiger partial charge in [-0.25, -0.2) is 0 Å². The lowest BCUT2D eigenvalue weighted by Gasteiger charge is -2.08. The molecule has 0 spiro atoms. The number of aryl methyl sites for hydroxylation is 4. The molecule has 2 aromatic carbocycles. The van der Waals surface area contributed by atoms with Crippen molar-refractivity contribution < 1.29 is 0 Å². The molecule has 0 radical (unpaired) electrons. The minimum atomic E-state index is 0.996. The van der Waals surface area contributed by atoms with Crippen LogP contribution in [-0.2, 0) is 25.7 Å². The third kappa shape index (κ3) is 4.19. The molecule has 2 nitrogen and oxygen atoms in total. The average molecular weight is 320 g/mol. The fraction of sp³-hybridized carbons (Fsp3) is 0.364. The minimum absolute atomic E-state index is 0.996. The van der Waals surface area contributed by atoms with Gasteiger partial charge in [0.25, 0.3) is 0 Å². The molecular weight excluding hydrogens is 292 g/mol. The highest BCUT2D eigenvalue weighted by atomic mass is 14.8. The monoisotopic (exact) mass is 320 g/mol. The first-order chi connectivity index (χ1) is 11.7. The third-order valence-corrected chi connectivity index (χ3v) is 4.40. The zero-order valence-corrected chi connectivity index (χ0v) is 15.3. The van der Waals surface area contributed by atoms with Crippen LogP contribution in [0.4, 0.5) is 11.4 Å². The van der Waals surface area contributed by atoms with Gasteiger partial charge in [-0.1, -0.05) is 64.1 Å². The molecule has 24 heavy (non-hydrogen) atoms. The Morgan fingerprint density at radius 3 is 1.12 bits per heavy atom. The third-order valence-electron chi connectivity index (χ3n) is 4.40. The highest BCUT2D eigenvalue weighted by molar-refractivity contribution is 6.17. The van der Waals surface area contributed by atoms with Gasteiger partial charge < -0.3 is 0 Å². The average Bonchev–Trinajstić information content (AvgIpc) is 2.64. The number of aliphatic imine (C=N–C) groups is 2. The van der Waals surface area contributed by atoms with E-state index in [0.29, 0.717) is 0 Å². The van der Waals surface area contributed by atoms with Gasteiger partial charge in [-0.2, -0.15) is 0 Å². The van der Waals surface area contributed by atoms with Crippen molar-refractivity contribution in [2.75, 3.05) is 0 Å². The van der Waals surface area contributed by atoms with E-state index in [0.717, 1.165) is 37.1 Å². The molecular formula is C22H28N2. The van der Waals surface area contributed by atoms with E-state index in [4.69, 9.17) is 9.98 Å². The van der Waals surface area contributed by atoms with Gasteiger partial charge in [-0.15, -0.1) is 0 Å². The Morgan fingerprint density at radius 1 is 0.583 bits per heavy atom. The fourth-order valence-electron chi connectivity index (χ4n) is 2.98. The molecule has 0 aliphatic rings. The summed E-state index contributed by atoms with van der Waals surface area (Å²) in [4.78, 5) is 9.40. The molecule has 0 N–H and O–H groups in total. The predicted octanol–water partition coefficient (Wildman–Crippen LogP) is 6.04. The molecule has 0 aliphatic carbocycles. The largest absolute Gasteiger partial charge is 0.255 e.